The first-order chi connectivity index (χ1) is 12.4. The number of esters is 1. The minimum absolute atomic E-state index is 0.0243. The molecule has 2 aliphatic rings. The third-order valence-corrected chi connectivity index (χ3v) is 10.5. The first-order valence-corrected chi connectivity index (χ1v) is 12.3. The molecule has 1 aliphatic carbocycles. The molecule has 0 bridgehead atoms. The Kier molecular flexibility index (Phi) is 6.21. The van der Waals surface area contributed by atoms with Crippen molar-refractivity contribution in [3.63, 3.8) is 0 Å². The number of fused-ring (bicyclic) bond motifs is 1. The van der Waals surface area contributed by atoms with Gasteiger partial charge in [-0.25, -0.2) is 0 Å². The molecule has 0 amide bonds. The normalized spacial score (nSPS) is 32.8. The lowest BCUT2D eigenvalue weighted by Gasteiger charge is -2.47. The fourth-order valence-electron chi connectivity index (χ4n) is 3.42. The van der Waals surface area contributed by atoms with Crippen molar-refractivity contribution in [2.75, 3.05) is 13.2 Å². The van der Waals surface area contributed by atoms with Crippen LogP contribution in [0.1, 0.15) is 34.6 Å². The van der Waals surface area contributed by atoms with Crippen molar-refractivity contribution in [2.24, 2.45) is 5.92 Å². The Morgan fingerprint density at radius 2 is 2.07 bits per heavy atom. The predicted octanol–water partition coefficient (Wildman–Crippen LogP) is 2.77. The van der Waals surface area contributed by atoms with Gasteiger partial charge in [0.05, 0.1) is 19.3 Å². The topological polar surface area (TPSA) is 82.1 Å². The van der Waals surface area contributed by atoms with E-state index in [1.807, 2.05) is 6.92 Å². The van der Waals surface area contributed by atoms with E-state index < -0.39 is 38.0 Å². The van der Waals surface area contributed by atoms with Gasteiger partial charge >= 0.3 is 5.97 Å². The lowest BCUT2D eigenvalue weighted by molar-refractivity contribution is -0.162. The molecule has 1 saturated heterocycles. The average molecular weight is 397 g/mol. The van der Waals surface area contributed by atoms with Crippen LogP contribution in [0.3, 0.4) is 0 Å². The van der Waals surface area contributed by atoms with Crippen molar-refractivity contribution >= 4 is 20.6 Å². The molecule has 1 heterocycles. The summed E-state index contributed by atoms with van der Waals surface area (Å²) < 4.78 is 17.6. The van der Waals surface area contributed by atoms with E-state index in [0.717, 1.165) is 5.57 Å². The Balaban J connectivity index is 2.52. The molecule has 152 valence electrons. The van der Waals surface area contributed by atoms with Crippen LogP contribution < -0.4 is 0 Å². The van der Waals surface area contributed by atoms with Crippen LogP contribution in [0, 0.1) is 5.92 Å². The lowest BCUT2D eigenvalue weighted by Crippen LogP contribution is -2.60. The maximum absolute atomic E-state index is 12.6. The van der Waals surface area contributed by atoms with Crippen LogP contribution in [-0.2, 0) is 23.5 Å². The zero-order valence-corrected chi connectivity index (χ0v) is 18.4. The fourth-order valence-corrected chi connectivity index (χ4v) is 4.71. The quantitative estimate of drug-likeness (QED) is 0.253. The second kappa shape index (κ2) is 7.62. The van der Waals surface area contributed by atoms with Crippen LogP contribution in [0.4, 0.5) is 0 Å². The van der Waals surface area contributed by atoms with E-state index in [0.29, 0.717) is 11.9 Å². The molecular formula is C20H32O6Si. The Bertz CT molecular complexity index is 660. The highest BCUT2D eigenvalue weighted by Crippen LogP contribution is 2.48. The Morgan fingerprint density at radius 1 is 1.44 bits per heavy atom. The number of ether oxygens (including phenoxy) is 2. The van der Waals surface area contributed by atoms with Crippen molar-refractivity contribution in [1.29, 1.82) is 0 Å². The molecule has 6 nitrogen and oxygen atoms in total. The number of carbonyl (C=O) groups is 2. The summed E-state index contributed by atoms with van der Waals surface area (Å²) >= 11 is 0. The molecule has 0 radical (unpaired) electrons. The molecule has 27 heavy (non-hydrogen) atoms. The highest BCUT2D eigenvalue weighted by molar-refractivity contribution is 6.74. The van der Waals surface area contributed by atoms with Crippen LogP contribution in [0.5, 0.6) is 0 Å². The zero-order valence-electron chi connectivity index (χ0n) is 17.4. The summed E-state index contributed by atoms with van der Waals surface area (Å²) in [6.45, 7) is 14.6. The number of hydrogen-bond donors (Lipinski definition) is 1. The second-order valence-corrected chi connectivity index (χ2v) is 13.6. The van der Waals surface area contributed by atoms with Gasteiger partial charge in [0.1, 0.15) is 23.9 Å². The third kappa shape index (κ3) is 3.83. The number of aldehydes is 1. The standard InChI is InChI=1S/C20H32O6Si/c1-8-24-18(22)15-11-13(2)16(26-27(6,7)19(3,4)5)17-20(15,23)14(9-10-21)12-25-17/h9-11,15-17,23H,8,12H2,1-7H3/b14-9-/t15-,16+,17+,20+/m0/s1. The minimum atomic E-state index is -2.17. The Labute approximate surface area is 162 Å². The van der Waals surface area contributed by atoms with Crippen LogP contribution in [0.15, 0.2) is 23.3 Å². The van der Waals surface area contributed by atoms with Crippen LogP contribution in [0.2, 0.25) is 18.1 Å². The number of hydrogen-bond acceptors (Lipinski definition) is 6. The van der Waals surface area contributed by atoms with Crippen molar-refractivity contribution in [1.82, 2.24) is 0 Å². The monoisotopic (exact) mass is 396 g/mol. The van der Waals surface area contributed by atoms with Gasteiger partial charge in [0.15, 0.2) is 8.32 Å². The highest BCUT2D eigenvalue weighted by atomic mass is 28.4. The summed E-state index contributed by atoms with van der Waals surface area (Å²) in [7, 11) is -2.17. The Hall–Kier alpha value is -1.28. The molecule has 0 aromatic carbocycles. The molecule has 4 atom stereocenters. The molecule has 1 fully saturated rings. The predicted molar refractivity (Wildman–Crippen MR) is 105 cm³/mol. The van der Waals surface area contributed by atoms with Gasteiger partial charge in [0.2, 0.25) is 0 Å². The van der Waals surface area contributed by atoms with Crippen molar-refractivity contribution in [2.45, 2.75) is 70.6 Å². The first-order valence-electron chi connectivity index (χ1n) is 9.41. The maximum Gasteiger partial charge on any atom is 0.316 e. The van der Waals surface area contributed by atoms with E-state index in [2.05, 4.69) is 33.9 Å². The van der Waals surface area contributed by atoms with E-state index >= 15 is 0 Å². The molecule has 0 spiro atoms. The van der Waals surface area contributed by atoms with Gasteiger partial charge in [-0.3, -0.25) is 9.59 Å². The maximum atomic E-state index is 12.6. The summed E-state index contributed by atoms with van der Waals surface area (Å²) in [4.78, 5) is 23.6. The van der Waals surface area contributed by atoms with Gasteiger partial charge in [-0.05, 0) is 49.2 Å². The summed E-state index contributed by atoms with van der Waals surface area (Å²) in [5.74, 6) is -1.46. The van der Waals surface area contributed by atoms with E-state index in [-0.39, 0.29) is 18.3 Å². The zero-order chi connectivity index (χ0) is 20.6. The van der Waals surface area contributed by atoms with Gasteiger partial charge in [-0.1, -0.05) is 26.8 Å². The summed E-state index contributed by atoms with van der Waals surface area (Å²) in [5, 5.41) is 11.6. The van der Waals surface area contributed by atoms with E-state index in [1.54, 1.807) is 13.0 Å². The largest absolute Gasteiger partial charge is 0.465 e. The summed E-state index contributed by atoms with van der Waals surface area (Å²) in [6.07, 6.45) is 2.34. The first kappa shape index (κ1) is 22.0. The van der Waals surface area contributed by atoms with Gasteiger partial charge in [-0.15, -0.1) is 0 Å². The van der Waals surface area contributed by atoms with Gasteiger partial charge in [0, 0.05) is 0 Å². The smallest absolute Gasteiger partial charge is 0.316 e. The number of rotatable bonds is 5. The van der Waals surface area contributed by atoms with Crippen molar-refractivity contribution in [3.8, 4) is 0 Å². The van der Waals surface area contributed by atoms with Crippen molar-refractivity contribution < 1.29 is 28.6 Å². The Morgan fingerprint density at radius 3 is 2.59 bits per heavy atom. The summed E-state index contributed by atoms with van der Waals surface area (Å²) in [6, 6.07) is 0. The molecule has 0 saturated carbocycles. The molecule has 7 heteroatoms. The van der Waals surface area contributed by atoms with E-state index in [1.165, 1.54) is 6.08 Å². The SMILES string of the molecule is CCOC(=O)[C@@H]1C=C(C)[C@@H](O[Si](C)(C)C(C)(C)C)[C@H]2OC/C(=C/C=O)[C@]21O. The van der Waals surface area contributed by atoms with E-state index in [4.69, 9.17) is 13.9 Å². The van der Waals surface area contributed by atoms with Gasteiger partial charge < -0.3 is 19.0 Å². The number of aliphatic hydroxyl groups is 1. The van der Waals surface area contributed by atoms with Crippen LogP contribution >= 0.6 is 0 Å². The molecule has 0 aromatic rings. The highest BCUT2D eigenvalue weighted by Gasteiger charge is 2.61. The summed E-state index contributed by atoms with van der Waals surface area (Å²) in [5.41, 5.74) is -0.437. The second-order valence-electron chi connectivity index (χ2n) is 8.82. The molecule has 2 rings (SSSR count). The average Bonchev–Trinajstić information content (AvgIpc) is 2.87. The third-order valence-electron chi connectivity index (χ3n) is 6.03. The fraction of sp³-hybridized carbons (Fsp3) is 0.700. The lowest BCUT2D eigenvalue weighted by atomic mass is 9.71. The van der Waals surface area contributed by atoms with Crippen LogP contribution in [0.25, 0.3) is 0 Å². The van der Waals surface area contributed by atoms with Gasteiger partial charge in [-0.2, -0.15) is 0 Å². The van der Waals surface area contributed by atoms with Crippen LogP contribution in [-0.4, -0.2) is 56.7 Å². The van der Waals surface area contributed by atoms with E-state index in [9.17, 15) is 14.7 Å². The number of carbonyl (C=O) groups excluding carboxylic acids is 2. The molecular weight excluding hydrogens is 364 g/mol. The molecule has 1 N–H and O–H groups in total. The van der Waals surface area contributed by atoms with Crippen molar-refractivity contribution in [3.05, 3.63) is 23.3 Å². The van der Waals surface area contributed by atoms with Gasteiger partial charge in [0.25, 0.3) is 0 Å². The molecule has 0 unspecified atom stereocenters. The molecule has 1 aliphatic heterocycles. The number of allylic oxidation sites excluding steroid dienone is 1. The molecule has 0 aromatic heterocycles. The minimum Gasteiger partial charge on any atom is -0.465 e.